The first-order valence-corrected chi connectivity index (χ1v) is 11.4. The Kier molecular flexibility index (Phi) is 7.12. The molecule has 0 bridgehead atoms. The van der Waals surface area contributed by atoms with Crippen molar-refractivity contribution in [2.24, 2.45) is 0 Å². The van der Waals surface area contributed by atoms with Crippen LogP contribution in [0, 0.1) is 0 Å². The van der Waals surface area contributed by atoms with Gasteiger partial charge in [0.15, 0.2) is 0 Å². The van der Waals surface area contributed by atoms with Crippen LogP contribution < -0.4 is 9.47 Å². The third kappa shape index (κ3) is 4.97. The fourth-order valence-corrected chi connectivity index (χ4v) is 4.46. The lowest BCUT2D eigenvalue weighted by Gasteiger charge is -2.40. The normalized spacial score (nSPS) is 15.3. The Balaban J connectivity index is 1.52. The average Bonchev–Trinajstić information content (AvgIpc) is 2.85. The molecule has 1 heterocycles. The largest absolute Gasteiger partial charge is 0.497 e. The van der Waals surface area contributed by atoms with E-state index in [0.717, 1.165) is 17.6 Å². The van der Waals surface area contributed by atoms with Gasteiger partial charge < -0.3 is 14.4 Å². The Hall–Kier alpha value is -2.83. The summed E-state index contributed by atoms with van der Waals surface area (Å²) in [6.45, 7) is 2.92. The zero-order valence-corrected chi connectivity index (χ0v) is 19.9. The van der Waals surface area contributed by atoms with E-state index in [9.17, 15) is 4.79 Å². The van der Waals surface area contributed by atoms with Crippen molar-refractivity contribution in [3.05, 3.63) is 94.0 Å². The second-order valence-corrected chi connectivity index (χ2v) is 8.71. The first-order chi connectivity index (χ1) is 15.6. The third-order valence-corrected chi connectivity index (χ3v) is 6.39. The second kappa shape index (κ2) is 10.2. The van der Waals surface area contributed by atoms with Gasteiger partial charge in [0.2, 0.25) is 0 Å². The van der Waals surface area contributed by atoms with Gasteiger partial charge in [0, 0.05) is 42.3 Å². The molecule has 0 spiro atoms. The number of benzene rings is 3. The van der Waals surface area contributed by atoms with E-state index < -0.39 is 0 Å². The number of hydrogen-bond donors (Lipinski definition) is 0. The van der Waals surface area contributed by atoms with Gasteiger partial charge in [-0.2, -0.15) is 0 Å². The van der Waals surface area contributed by atoms with Gasteiger partial charge in [-0.25, -0.2) is 0 Å². The Labute approximate surface area is 197 Å². The molecule has 1 saturated heterocycles. The van der Waals surface area contributed by atoms with Crippen molar-refractivity contribution in [3.8, 4) is 11.5 Å². The number of carbonyl (C=O) groups is 1. The molecule has 1 amide bonds. The van der Waals surface area contributed by atoms with Crippen molar-refractivity contribution in [2.75, 3.05) is 40.4 Å². The van der Waals surface area contributed by atoms with Crippen LogP contribution in [0.1, 0.15) is 27.5 Å². The summed E-state index contributed by atoms with van der Waals surface area (Å²) >= 11 is 3.54. The van der Waals surface area contributed by atoms with Crippen LogP contribution in [0.15, 0.2) is 77.3 Å². The molecule has 0 aliphatic carbocycles. The first kappa shape index (κ1) is 22.4. The summed E-state index contributed by atoms with van der Waals surface area (Å²) in [5.41, 5.74) is 3.09. The predicted octanol–water partition coefficient (Wildman–Crippen LogP) is 5.01. The van der Waals surface area contributed by atoms with E-state index in [1.165, 1.54) is 11.1 Å². The Bertz CT molecular complexity index is 1030. The quantitative estimate of drug-likeness (QED) is 0.482. The minimum atomic E-state index is 0.00162. The molecule has 4 rings (SSSR count). The van der Waals surface area contributed by atoms with Gasteiger partial charge in [0.05, 0.1) is 20.3 Å². The molecule has 1 aliphatic heterocycles. The first-order valence-electron chi connectivity index (χ1n) is 10.7. The molecule has 0 saturated carbocycles. The van der Waals surface area contributed by atoms with E-state index in [1.54, 1.807) is 32.4 Å². The highest BCUT2D eigenvalue weighted by Crippen LogP contribution is 2.31. The predicted molar refractivity (Wildman–Crippen MR) is 129 cm³/mol. The van der Waals surface area contributed by atoms with Gasteiger partial charge in [-0.15, -0.1) is 0 Å². The van der Waals surface area contributed by atoms with Crippen molar-refractivity contribution >= 4 is 21.8 Å². The summed E-state index contributed by atoms with van der Waals surface area (Å²) in [5.74, 6) is 1.23. The summed E-state index contributed by atoms with van der Waals surface area (Å²) in [5, 5.41) is 0. The molecule has 1 aliphatic rings. The molecule has 5 nitrogen and oxygen atoms in total. The Morgan fingerprint density at radius 3 is 1.94 bits per heavy atom. The summed E-state index contributed by atoms with van der Waals surface area (Å²) in [6, 6.07) is 24.5. The van der Waals surface area contributed by atoms with Gasteiger partial charge in [-0.05, 0) is 35.4 Å². The fraction of sp³-hybridized carbons (Fsp3) is 0.269. The van der Waals surface area contributed by atoms with E-state index in [4.69, 9.17) is 9.47 Å². The SMILES string of the molecule is COc1cc(OC)cc(C(=O)N2CCN([C@@H](c3ccccc3)c3ccc(Br)cc3)CC2)c1. The number of piperazine rings is 1. The Morgan fingerprint density at radius 1 is 0.812 bits per heavy atom. The van der Waals surface area contributed by atoms with Gasteiger partial charge in [-0.3, -0.25) is 9.69 Å². The topological polar surface area (TPSA) is 42.0 Å². The Morgan fingerprint density at radius 2 is 1.38 bits per heavy atom. The van der Waals surface area contributed by atoms with Gasteiger partial charge in [0.1, 0.15) is 11.5 Å². The minimum absolute atomic E-state index is 0.00162. The van der Waals surface area contributed by atoms with Crippen LogP contribution in [0.25, 0.3) is 0 Å². The molecule has 166 valence electrons. The number of amides is 1. The molecule has 0 radical (unpaired) electrons. The van der Waals surface area contributed by atoms with Crippen LogP contribution in [0.2, 0.25) is 0 Å². The maximum atomic E-state index is 13.2. The summed E-state index contributed by atoms with van der Waals surface area (Å²) in [6.07, 6.45) is 0. The maximum Gasteiger partial charge on any atom is 0.254 e. The van der Waals surface area contributed by atoms with E-state index in [-0.39, 0.29) is 11.9 Å². The second-order valence-electron chi connectivity index (χ2n) is 7.79. The van der Waals surface area contributed by atoms with E-state index in [0.29, 0.717) is 30.2 Å². The van der Waals surface area contributed by atoms with Crippen molar-refractivity contribution < 1.29 is 14.3 Å². The molecule has 3 aromatic rings. The van der Waals surface area contributed by atoms with Crippen molar-refractivity contribution in [3.63, 3.8) is 0 Å². The molecule has 1 atom stereocenters. The van der Waals surface area contributed by atoms with E-state index >= 15 is 0 Å². The van der Waals surface area contributed by atoms with Crippen LogP contribution in [0.3, 0.4) is 0 Å². The maximum absolute atomic E-state index is 13.2. The van der Waals surface area contributed by atoms with Crippen molar-refractivity contribution in [1.29, 1.82) is 0 Å². The lowest BCUT2D eigenvalue weighted by molar-refractivity contribution is 0.0596. The summed E-state index contributed by atoms with van der Waals surface area (Å²) in [7, 11) is 3.18. The molecule has 1 fully saturated rings. The summed E-state index contributed by atoms with van der Waals surface area (Å²) in [4.78, 5) is 17.5. The zero-order chi connectivity index (χ0) is 22.5. The minimum Gasteiger partial charge on any atom is -0.497 e. The number of ether oxygens (including phenoxy) is 2. The van der Waals surface area contributed by atoms with Crippen LogP contribution in [-0.4, -0.2) is 56.1 Å². The zero-order valence-electron chi connectivity index (χ0n) is 18.3. The van der Waals surface area contributed by atoms with Crippen LogP contribution >= 0.6 is 15.9 Å². The molecular formula is C26H27BrN2O3. The highest BCUT2D eigenvalue weighted by molar-refractivity contribution is 9.10. The molecule has 0 aromatic heterocycles. The lowest BCUT2D eigenvalue weighted by Crippen LogP contribution is -2.49. The molecule has 3 aromatic carbocycles. The third-order valence-electron chi connectivity index (χ3n) is 5.87. The van der Waals surface area contributed by atoms with Crippen molar-refractivity contribution in [2.45, 2.75) is 6.04 Å². The van der Waals surface area contributed by atoms with Crippen LogP contribution in [0.5, 0.6) is 11.5 Å². The van der Waals surface area contributed by atoms with E-state index in [1.807, 2.05) is 11.0 Å². The molecular weight excluding hydrogens is 468 g/mol. The van der Waals surface area contributed by atoms with Crippen molar-refractivity contribution in [1.82, 2.24) is 9.80 Å². The molecule has 32 heavy (non-hydrogen) atoms. The number of nitrogens with zero attached hydrogens (tertiary/aromatic N) is 2. The average molecular weight is 495 g/mol. The number of rotatable bonds is 6. The summed E-state index contributed by atoms with van der Waals surface area (Å²) < 4.78 is 11.7. The van der Waals surface area contributed by atoms with Gasteiger partial charge >= 0.3 is 0 Å². The molecule has 6 heteroatoms. The van der Waals surface area contributed by atoms with Gasteiger partial charge in [-0.1, -0.05) is 58.4 Å². The van der Waals surface area contributed by atoms with Gasteiger partial charge in [0.25, 0.3) is 5.91 Å². The smallest absolute Gasteiger partial charge is 0.254 e. The number of carbonyl (C=O) groups excluding carboxylic acids is 1. The highest BCUT2D eigenvalue weighted by atomic mass is 79.9. The number of hydrogen-bond acceptors (Lipinski definition) is 4. The fourth-order valence-electron chi connectivity index (χ4n) is 4.19. The van der Waals surface area contributed by atoms with E-state index in [2.05, 4.69) is 69.4 Å². The van der Waals surface area contributed by atoms with Crippen LogP contribution in [0.4, 0.5) is 0 Å². The highest BCUT2D eigenvalue weighted by Gasteiger charge is 2.29. The monoisotopic (exact) mass is 494 g/mol. The molecule has 0 N–H and O–H groups in total. The molecule has 0 unspecified atom stereocenters. The standard InChI is InChI=1S/C26H27BrN2O3/c1-31-23-16-21(17-24(18-23)32-2)26(30)29-14-12-28(13-15-29)25(19-6-4-3-5-7-19)20-8-10-22(27)11-9-20/h3-11,16-18,25H,12-15H2,1-2H3/t25-/m0/s1. The lowest BCUT2D eigenvalue weighted by atomic mass is 9.96. The van der Waals surface area contributed by atoms with Crippen LogP contribution in [-0.2, 0) is 0 Å². The number of halogens is 1. The number of methoxy groups -OCH3 is 2.